The quantitative estimate of drug-likeness (QED) is 0.480. The lowest BCUT2D eigenvalue weighted by Gasteiger charge is -2.41. The molecular weight excluding hydrogens is 488 g/mol. The SMILES string of the molecule is Nc1cc(CCCN2CCC(C(=O)N3CCC(N4c5ncccc5NC4c4ccccn4)CC3)CC2)ccn1. The highest BCUT2D eigenvalue weighted by molar-refractivity contribution is 5.79. The molecule has 0 spiro atoms. The number of carbonyl (C=O) groups excluding carboxylic acids is 1. The second-order valence-electron chi connectivity index (χ2n) is 10.9. The molecule has 0 bridgehead atoms. The topological polar surface area (TPSA) is 104 Å². The van der Waals surface area contributed by atoms with Crippen LogP contribution in [0, 0.1) is 5.92 Å². The number of nitrogens with zero attached hydrogens (tertiary/aromatic N) is 6. The minimum Gasteiger partial charge on any atom is -0.384 e. The molecule has 204 valence electrons. The molecule has 0 saturated carbocycles. The van der Waals surface area contributed by atoms with Gasteiger partial charge in [-0.2, -0.15) is 0 Å². The van der Waals surface area contributed by atoms with Gasteiger partial charge in [-0.15, -0.1) is 0 Å². The van der Waals surface area contributed by atoms with Crippen LogP contribution in [-0.2, 0) is 11.2 Å². The number of aryl methyl sites for hydroxylation is 1. The van der Waals surface area contributed by atoms with Crippen LogP contribution < -0.4 is 16.0 Å². The van der Waals surface area contributed by atoms with Crippen molar-refractivity contribution in [1.82, 2.24) is 24.8 Å². The zero-order valence-electron chi connectivity index (χ0n) is 22.5. The van der Waals surface area contributed by atoms with Gasteiger partial charge in [0, 0.05) is 43.6 Å². The van der Waals surface area contributed by atoms with Crippen molar-refractivity contribution < 1.29 is 4.79 Å². The van der Waals surface area contributed by atoms with Gasteiger partial charge in [0.2, 0.25) is 5.91 Å². The molecule has 1 amide bonds. The number of anilines is 3. The first-order chi connectivity index (χ1) is 19.2. The van der Waals surface area contributed by atoms with Gasteiger partial charge >= 0.3 is 0 Å². The van der Waals surface area contributed by atoms with Crippen LogP contribution in [0.25, 0.3) is 0 Å². The summed E-state index contributed by atoms with van der Waals surface area (Å²) in [6, 6.07) is 14.4. The molecule has 6 heterocycles. The van der Waals surface area contributed by atoms with Crippen LogP contribution in [0.2, 0.25) is 0 Å². The molecule has 6 rings (SSSR count). The van der Waals surface area contributed by atoms with E-state index in [4.69, 9.17) is 10.7 Å². The maximum atomic E-state index is 13.4. The van der Waals surface area contributed by atoms with Crippen molar-refractivity contribution in [2.75, 3.05) is 48.7 Å². The third-order valence-electron chi connectivity index (χ3n) is 8.46. The smallest absolute Gasteiger partial charge is 0.225 e. The molecule has 3 aromatic rings. The fourth-order valence-electron chi connectivity index (χ4n) is 6.38. The highest BCUT2D eigenvalue weighted by Gasteiger charge is 2.39. The molecule has 3 aromatic heterocycles. The van der Waals surface area contributed by atoms with Gasteiger partial charge in [0.05, 0.1) is 11.4 Å². The number of pyridine rings is 3. The predicted molar refractivity (Wildman–Crippen MR) is 153 cm³/mol. The maximum Gasteiger partial charge on any atom is 0.225 e. The predicted octanol–water partition coefficient (Wildman–Crippen LogP) is 3.72. The first-order valence-electron chi connectivity index (χ1n) is 14.3. The third kappa shape index (κ3) is 5.68. The molecule has 9 nitrogen and oxygen atoms in total. The summed E-state index contributed by atoms with van der Waals surface area (Å²) >= 11 is 0. The zero-order valence-corrected chi connectivity index (χ0v) is 22.5. The number of nitrogens with two attached hydrogens (primary N) is 1. The van der Waals surface area contributed by atoms with Gasteiger partial charge in [0.1, 0.15) is 12.0 Å². The Morgan fingerprint density at radius 2 is 1.74 bits per heavy atom. The van der Waals surface area contributed by atoms with Gasteiger partial charge in [-0.05, 0) is 100 Å². The van der Waals surface area contributed by atoms with Crippen LogP contribution in [0.5, 0.6) is 0 Å². The highest BCUT2D eigenvalue weighted by atomic mass is 16.2. The molecule has 1 atom stereocenters. The fraction of sp³-hybridized carbons (Fsp3) is 0.467. The Bertz CT molecular complexity index is 1250. The molecule has 3 aliphatic heterocycles. The number of hydrogen-bond acceptors (Lipinski definition) is 8. The molecule has 0 aromatic carbocycles. The summed E-state index contributed by atoms with van der Waals surface area (Å²) in [6.07, 6.45) is 11.3. The number of piperidine rings is 2. The van der Waals surface area contributed by atoms with Gasteiger partial charge in [-0.25, -0.2) is 9.97 Å². The van der Waals surface area contributed by atoms with Crippen LogP contribution in [-0.4, -0.2) is 69.4 Å². The monoisotopic (exact) mass is 526 g/mol. The number of likely N-dealkylation sites (tertiary alicyclic amines) is 2. The molecule has 2 fully saturated rings. The number of fused-ring (bicyclic) bond motifs is 1. The van der Waals surface area contributed by atoms with Gasteiger partial charge in [0.15, 0.2) is 5.82 Å². The summed E-state index contributed by atoms with van der Waals surface area (Å²) < 4.78 is 0. The van der Waals surface area contributed by atoms with E-state index in [1.54, 1.807) is 6.20 Å². The Hall–Kier alpha value is -3.72. The molecule has 3 N–H and O–H groups in total. The lowest BCUT2D eigenvalue weighted by Crippen LogP contribution is -2.50. The minimum atomic E-state index is -0.0383. The second kappa shape index (κ2) is 11.6. The van der Waals surface area contributed by atoms with E-state index in [2.05, 4.69) is 42.1 Å². The van der Waals surface area contributed by atoms with Crippen LogP contribution in [0.3, 0.4) is 0 Å². The first kappa shape index (κ1) is 25.6. The number of hydrogen-bond donors (Lipinski definition) is 2. The van der Waals surface area contributed by atoms with Crippen LogP contribution in [0.15, 0.2) is 61.1 Å². The van der Waals surface area contributed by atoms with Gasteiger partial charge in [-0.1, -0.05) is 6.07 Å². The summed E-state index contributed by atoms with van der Waals surface area (Å²) in [6.45, 7) is 4.65. The second-order valence-corrected chi connectivity index (χ2v) is 10.9. The summed E-state index contributed by atoms with van der Waals surface area (Å²) in [7, 11) is 0. The first-order valence-corrected chi connectivity index (χ1v) is 14.3. The lowest BCUT2D eigenvalue weighted by molar-refractivity contribution is -0.138. The Kier molecular flexibility index (Phi) is 7.58. The van der Waals surface area contributed by atoms with E-state index >= 15 is 0 Å². The van der Waals surface area contributed by atoms with Crippen molar-refractivity contribution in [2.24, 2.45) is 5.92 Å². The molecule has 0 radical (unpaired) electrons. The molecule has 39 heavy (non-hydrogen) atoms. The summed E-state index contributed by atoms with van der Waals surface area (Å²) in [5.74, 6) is 2.06. The van der Waals surface area contributed by atoms with Crippen LogP contribution in [0.4, 0.5) is 17.3 Å². The molecule has 1 unspecified atom stereocenters. The Labute approximate surface area is 230 Å². The normalized spacial score (nSPS) is 20.6. The molecule has 0 aliphatic carbocycles. The van der Waals surface area contributed by atoms with Crippen molar-refractivity contribution in [2.45, 2.75) is 50.7 Å². The van der Waals surface area contributed by atoms with Gasteiger partial charge in [0.25, 0.3) is 0 Å². The van der Waals surface area contributed by atoms with E-state index < -0.39 is 0 Å². The summed E-state index contributed by atoms with van der Waals surface area (Å²) in [4.78, 5) is 33.9. The van der Waals surface area contributed by atoms with Gasteiger partial charge in [-0.3, -0.25) is 9.78 Å². The van der Waals surface area contributed by atoms with Crippen molar-refractivity contribution in [1.29, 1.82) is 0 Å². The fourth-order valence-corrected chi connectivity index (χ4v) is 6.38. The number of amides is 1. The number of nitrogen functional groups attached to an aromatic ring is 1. The number of nitrogens with one attached hydrogen (secondary N) is 1. The molecule has 2 saturated heterocycles. The standard InChI is InChI=1S/C30H38N8O/c31-27-21-22(8-15-33-27)5-4-16-36-17-9-23(10-18-36)30(39)37-19-11-24(12-20-37)38-28-26(7-3-14-34-28)35-29(38)25-6-1-2-13-32-25/h1-3,6-8,13-15,21,23-24,29,35H,4-5,9-12,16-20H2,(H2,31,33). The van der Waals surface area contributed by atoms with Gasteiger partial charge < -0.3 is 25.8 Å². The maximum absolute atomic E-state index is 13.4. The Morgan fingerprint density at radius 3 is 2.51 bits per heavy atom. The summed E-state index contributed by atoms with van der Waals surface area (Å²) in [5.41, 5.74) is 9.08. The van der Waals surface area contributed by atoms with E-state index in [0.717, 1.165) is 88.4 Å². The average molecular weight is 527 g/mol. The third-order valence-corrected chi connectivity index (χ3v) is 8.46. The Balaban J connectivity index is 0.998. The average Bonchev–Trinajstić information content (AvgIpc) is 3.38. The van der Waals surface area contributed by atoms with Crippen molar-refractivity contribution in [3.05, 3.63) is 72.3 Å². The minimum absolute atomic E-state index is 0.0383. The molecule has 9 heteroatoms. The van der Waals surface area contributed by atoms with Crippen molar-refractivity contribution in [3.63, 3.8) is 0 Å². The van der Waals surface area contributed by atoms with E-state index in [1.165, 1.54) is 5.56 Å². The number of rotatable bonds is 7. The molecule has 3 aliphatic rings. The van der Waals surface area contributed by atoms with Crippen molar-refractivity contribution >= 4 is 23.2 Å². The largest absolute Gasteiger partial charge is 0.384 e. The number of aromatic nitrogens is 3. The molecular formula is C30H38N8O. The van der Waals surface area contributed by atoms with E-state index in [1.807, 2.05) is 42.7 Å². The summed E-state index contributed by atoms with van der Waals surface area (Å²) in [5, 5.41) is 3.62. The number of carbonyl (C=O) groups is 1. The van der Waals surface area contributed by atoms with E-state index in [9.17, 15) is 4.79 Å². The Morgan fingerprint density at radius 1 is 0.923 bits per heavy atom. The highest BCUT2D eigenvalue weighted by Crippen LogP contribution is 2.42. The van der Waals surface area contributed by atoms with Crippen LogP contribution >= 0.6 is 0 Å². The van der Waals surface area contributed by atoms with Crippen LogP contribution in [0.1, 0.15) is 49.5 Å². The van der Waals surface area contributed by atoms with E-state index in [-0.39, 0.29) is 12.1 Å². The van der Waals surface area contributed by atoms with E-state index in [0.29, 0.717) is 17.8 Å². The van der Waals surface area contributed by atoms with Crippen molar-refractivity contribution in [3.8, 4) is 0 Å². The lowest BCUT2D eigenvalue weighted by atomic mass is 9.93. The zero-order chi connectivity index (χ0) is 26.6.